The molecule has 0 aliphatic heterocycles. The van der Waals surface area contributed by atoms with Crippen molar-refractivity contribution in [2.45, 2.75) is 32.2 Å². The topological polar surface area (TPSA) is 85.3 Å². The van der Waals surface area contributed by atoms with Crippen LogP contribution < -0.4 is 10.5 Å². The van der Waals surface area contributed by atoms with E-state index in [-0.39, 0.29) is 11.8 Å². The Balaban J connectivity index is 2.36. The Morgan fingerprint density at radius 1 is 1.47 bits per heavy atom. The molecule has 5 nitrogen and oxygen atoms in total. The lowest BCUT2D eigenvalue weighted by Gasteiger charge is -2.12. The van der Waals surface area contributed by atoms with Crippen LogP contribution in [0.2, 0.25) is 0 Å². The Morgan fingerprint density at radius 3 is 2.82 bits per heavy atom. The summed E-state index contributed by atoms with van der Waals surface area (Å²) in [6, 6.07) is 3.46. The highest BCUT2D eigenvalue weighted by atomic mass is 32.2. The third kappa shape index (κ3) is 5.86. The van der Waals surface area contributed by atoms with E-state index in [2.05, 4.69) is 4.72 Å². The maximum Gasteiger partial charge on any atom is 0.211 e. The quantitative estimate of drug-likeness (QED) is 0.679. The van der Waals surface area contributed by atoms with Gasteiger partial charge in [0.15, 0.2) is 0 Å². The number of rotatable bonds is 8. The molecular weight excluding hydrogens is 240 g/mol. The zero-order valence-corrected chi connectivity index (χ0v) is 10.9. The van der Waals surface area contributed by atoms with Gasteiger partial charge in [-0.15, -0.1) is 0 Å². The molecule has 0 bridgehead atoms. The molecule has 6 heteroatoms. The van der Waals surface area contributed by atoms with E-state index in [4.69, 9.17) is 10.2 Å². The van der Waals surface area contributed by atoms with E-state index < -0.39 is 10.0 Å². The molecule has 1 rings (SSSR count). The summed E-state index contributed by atoms with van der Waals surface area (Å²) in [6.45, 7) is 2.35. The summed E-state index contributed by atoms with van der Waals surface area (Å²) in [6.07, 6.45) is 3.47. The van der Waals surface area contributed by atoms with Crippen LogP contribution in [0.15, 0.2) is 22.8 Å². The molecule has 1 aromatic heterocycles. The van der Waals surface area contributed by atoms with Crippen molar-refractivity contribution in [3.8, 4) is 0 Å². The first-order chi connectivity index (χ1) is 8.03. The minimum atomic E-state index is -3.20. The first kappa shape index (κ1) is 14.2. The average molecular weight is 260 g/mol. The van der Waals surface area contributed by atoms with Crippen LogP contribution in [-0.2, 0) is 16.4 Å². The molecule has 0 spiro atoms. The van der Waals surface area contributed by atoms with E-state index in [0.717, 1.165) is 12.2 Å². The van der Waals surface area contributed by atoms with E-state index in [1.54, 1.807) is 12.3 Å². The Kier molecular flexibility index (Phi) is 5.67. The Bertz CT molecular complexity index is 400. The minimum absolute atomic E-state index is 0.132. The van der Waals surface area contributed by atoms with Gasteiger partial charge in [0.05, 0.1) is 12.0 Å². The number of hydrogen-bond acceptors (Lipinski definition) is 4. The maximum atomic E-state index is 11.7. The van der Waals surface area contributed by atoms with Gasteiger partial charge in [0, 0.05) is 12.5 Å². The van der Waals surface area contributed by atoms with E-state index in [0.29, 0.717) is 19.4 Å². The third-order valence-corrected chi connectivity index (χ3v) is 3.92. The Hall–Kier alpha value is -0.850. The van der Waals surface area contributed by atoms with Crippen molar-refractivity contribution in [2.24, 2.45) is 5.73 Å². The van der Waals surface area contributed by atoms with E-state index in [1.807, 2.05) is 13.0 Å². The molecule has 0 saturated heterocycles. The summed E-state index contributed by atoms with van der Waals surface area (Å²) in [7, 11) is -3.20. The Morgan fingerprint density at radius 2 is 2.24 bits per heavy atom. The highest BCUT2D eigenvalue weighted by Crippen LogP contribution is 2.05. The predicted octanol–water partition coefficient (Wildman–Crippen LogP) is 0.869. The Labute approximate surface area is 102 Å². The van der Waals surface area contributed by atoms with Crippen LogP contribution >= 0.6 is 0 Å². The van der Waals surface area contributed by atoms with Crippen LogP contribution in [0, 0.1) is 0 Å². The van der Waals surface area contributed by atoms with Gasteiger partial charge in [0.25, 0.3) is 0 Å². The fraction of sp³-hybridized carbons (Fsp3) is 0.636. The summed E-state index contributed by atoms with van der Waals surface area (Å²) >= 11 is 0. The van der Waals surface area contributed by atoms with E-state index in [1.165, 1.54) is 0 Å². The summed E-state index contributed by atoms with van der Waals surface area (Å²) in [4.78, 5) is 0. The van der Waals surface area contributed by atoms with Gasteiger partial charge in [-0.1, -0.05) is 0 Å². The summed E-state index contributed by atoms with van der Waals surface area (Å²) < 4.78 is 31.1. The molecule has 0 fully saturated rings. The molecule has 0 aliphatic carbocycles. The van der Waals surface area contributed by atoms with Gasteiger partial charge >= 0.3 is 0 Å². The van der Waals surface area contributed by atoms with Crippen LogP contribution in [0.4, 0.5) is 0 Å². The summed E-state index contributed by atoms with van der Waals surface area (Å²) in [5, 5.41) is 0. The van der Waals surface area contributed by atoms with Crippen molar-refractivity contribution in [1.82, 2.24) is 4.72 Å². The lowest BCUT2D eigenvalue weighted by Crippen LogP contribution is -2.35. The van der Waals surface area contributed by atoms with Crippen LogP contribution in [0.5, 0.6) is 0 Å². The number of unbranched alkanes of at least 4 members (excludes halogenated alkanes) is 1. The van der Waals surface area contributed by atoms with Gasteiger partial charge in [-0.05, 0) is 38.4 Å². The normalized spacial score (nSPS) is 13.8. The number of nitrogens with one attached hydrogen (secondary N) is 1. The van der Waals surface area contributed by atoms with Crippen molar-refractivity contribution in [3.63, 3.8) is 0 Å². The summed E-state index contributed by atoms with van der Waals surface area (Å²) in [5.41, 5.74) is 5.32. The minimum Gasteiger partial charge on any atom is -0.469 e. The lowest BCUT2D eigenvalue weighted by atomic mass is 10.2. The third-order valence-electron chi connectivity index (χ3n) is 2.34. The van der Waals surface area contributed by atoms with Crippen LogP contribution in [0.3, 0.4) is 0 Å². The van der Waals surface area contributed by atoms with Crippen molar-refractivity contribution in [3.05, 3.63) is 24.2 Å². The first-order valence-corrected chi connectivity index (χ1v) is 7.41. The maximum absolute atomic E-state index is 11.7. The monoisotopic (exact) mass is 260 g/mol. The first-order valence-electron chi connectivity index (χ1n) is 5.76. The smallest absolute Gasteiger partial charge is 0.211 e. The molecule has 1 unspecified atom stereocenters. The largest absolute Gasteiger partial charge is 0.469 e. The molecule has 1 atom stereocenters. The number of sulfonamides is 1. The van der Waals surface area contributed by atoms with Crippen LogP contribution in [-0.4, -0.2) is 26.8 Å². The molecule has 17 heavy (non-hydrogen) atoms. The average Bonchev–Trinajstić information content (AvgIpc) is 2.69. The van der Waals surface area contributed by atoms with Gasteiger partial charge < -0.3 is 10.2 Å². The zero-order valence-electron chi connectivity index (χ0n) is 10.1. The molecule has 98 valence electrons. The molecular formula is C11H20N2O3S. The lowest BCUT2D eigenvalue weighted by molar-refractivity contribution is 0.478. The molecule has 0 amide bonds. The van der Waals surface area contributed by atoms with Crippen LogP contribution in [0.1, 0.15) is 25.5 Å². The van der Waals surface area contributed by atoms with E-state index >= 15 is 0 Å². The second-order valence-corrected chi connectivity index (χ2v) is 5.99. The molecule has 0 aromatic carbocycles. The molecule has 0 radical (unpaired) electrons. The van der Waals surface area contributed by atoms with Crippen LogP contribution in [0.25, 0.3) is 0 Å². The van der Waals surface area contributed by atoms with Crippen molar-refractivity contribution < 1.29 is 12.8 Å². The zero-order chi connectivity index (χ0) is 12.7. The molecule has 1 heterocycles. The highest BCUT2D eigenvalue weighted by Gasteiger charge is 2.15. The van der Waals surface area contributed by atoms with Gasteiger partial charge in [-0.3, -0.25) is 0 Å². The number of furan rings is 1. The number of hydrogen-bond donors (Lipinski definition) is 2. The van der Waals surface area contributed by atoms with Gasteiger partial charge in [-0.2, -0.15) is 0 Å². The molecule has 1 aromatic rings. The van der Waals surface area contributed by atoms with Gasteiger partial charge in [-0.25, -0.2) is 13.1 Å². The second kappa shape index (κ2) is 6.78. The van der Waals surface area contributed by atoms with Crippen molar-refractivity contribution >= 4 is 10.0 Å². The van der Waals surface area contributed by atoms with Gasteiger partial charge in [0.2, 0.25) is 10.0 Å². The number of nitrogens with two attached hydrogens (primary N) is 1. The molecule has 0 aliphatic rings. The SMILES string of the molecule is CC(Cc1ccco1)NS(=O)(=O)CCCCN. The highest BCUT2D eigenvalue weighted by molar-refractivity contribution is 7.89. The van der Waals surface area contributed by atoms with Crippen molar-refractivity contribution in [2.75, 3.05) is 12.3 Å². The molecule has 3 N–H and O–H groups in total. The summed E-state index contributed by atoms with van der Waals surface area (Å²) in [5.74, 6) is 0.911. The predicted molar refractivity (Wildman–Crippen MR) is 67.1 cm³/mol. The van der Waals surface area contributed by atoms with E-state index in [9.17, 15) is 8.42 Å². The fourth-order valence-electron chi connectivity index (χ4n) is 1.57. The van der Waals surface area contributed by atoms with Crippen molar-refractivity contribution in [1.29, 1.82) is 0 Å². The standard InChI is InChI=1S/C11H20N2O3S/c1-10(9-11-5-4-7-16-11)13-17(14,15)8-3-2-6-12/h4-5,7,10,13H,2-3,6,8-9,12H2,1H3. The fourth-order valence-corrected chi connectivity index (χ4v) is 2.97. The second-order valence-electron chi connectivity index (χ2n) is 4.12. The van der Waals surface area contributed by atoms with Gasteiger partial charge in [0.1, 0.15) is 5.76 Å². The molecule has 0 saturated carbocycles.